The van der Waals surface area contributed by atoms with E-state index in [-0.39, 0.29) is 22.9 Å². The molecule has 0 aliphatic heterocycles. The number of halogens is 1. The number of amides is 1. The highest BCUT2D eigenvalue weighted by molar-refractivity contribution is 9.09. The number of rotatable bonds is 8. The Labute approximate surface area is 129 Å². The minimum Gasteiger partial charge on any atom is -0.461 e. The van der Waals surface area contributed by atoms with Gasteiger partial charge in [-0.3, -0.25) is 4.79 Å². The molecular formula is C15H24BrNO3. The van der Waals surface area contributed by atoms with Gasteiger partial charge in [-0.05, 0) is 38.0 Å². The van der Waals surface area contributed by atoms with E-state index in [9.17, 15) is 9.59 Å². The second-order valence-corrected chi connectivity index (χ2v) is 6.55. The van der Waals surface area contributed by atoms with E-state index in [1.54, 1.807) is 13.0 Å². The lowest BCUT2D eigenvalue weighted by molar-refractivity contribution is -0.140. The van der Waals surface area contributed by atoms with E-state index in [0.717, 1.165) is 31.0 Å². The Morgan fingerprint density at radius 1 is 1.40 bits per heavy atom. The number of unbranched alkanes of at least 4 members (excludes halogenated alkanes) is 2. The van der Waals surface area contributed by atoms with Crippen LogP contribution in [0.25, 0.3) is 0 Å². The summed E-state index contributed by atoms with van der Waals surface area (Å²) in [6.07, 6.45) is 5.41. The Balaban J connectivity index is 2.58. The van der Waals surface area contributed by atoms with Crippen molar-refractivity contribution in [2.24, 2.45) is 11.3 Å². The van der Waals surface area contributed by atoms with Crippen LogP contribution in [-0.2, 0) is 14.3 Å². The molecule has 1 aliphatic carbocycles. The molecule has 20 heavy (non-hydrogen) atoms. The number of alkyl halides is 1. The maximum atomic E-state index is 12.1. The summed E-state index contributed by atoms with van der Waals surface area (Å²) in [5, 5.41) is 3.67. The highest BCUT2D eigenvalue weighted by Gasteiger charge is 2.50. The standard InChI is InChI=1S/C15H24BrNO3/c1-4-20-14(19)12(8-6-5-7-9-16)17-13(18)11-10-15(11,2)3/h8,11H,4-7,9-10H2,1-3H3,(H,17,18)/b12-8-/t11-/m1/s1. The number of hydrogen-bond donors (Lipinski definition) is 1. The van der Waals surface area contributed by atoms with Crippen LogP contribution in [0.1, 0.15) is 46.5 Å². The predicted molar refractivity (Wildman–Crippen MR) is 82.4 cm³/mol. The van der Waals surface area contributed by atoms with Gasteiger partial charge in [0.2, 0.25) is 5.91 Å². The Morgan fingerprint density at radius 2 is 2.05 bits per heavy atom. The van der Waals surface area contributed by atoms with E-state index in [1.807, 2.05) is 0 Å². The fourth-order valence-corrected chi connectivity index (χ4v) is 2.41. The second-order valence-electron chi connectivity index (χ2n) is 5.76. The highest BCUT2D eigenvalue weighted by Crippen LogP contribution is 2.51. The largest absolute Gasteiger partial charge is 0.461 e. The van der Waals surface area contributed by atoms with Crippen LogP contribution < -0.4 is 5.32 Å². The minimum absolute atomic E-state index is 0.00266. The summed E-state index contributed by atoms with van der Waals surface area (Å²) in [4.78, 5) is 23.9. The van der Waals surface area contributed by atoms with Crippen molar-refractivity contribution in [1.29, 1.82) is 0 Å². The number of carbonyl (C=O) groups is 2. The summed E-state index contributed by atoms with van der Waals surface area (Å²) >= 11 is 3.37. The number of nitrogens with one attached hydrogen (secondary N) is 1. The third-order valence-electron chi connectivity index (χ3n) is 3.52. The first-order valence-corrected chi connectivity index (χ1v) is 8.28. The minimum atomic E-state index is -0.446. The number of carbonyl (C=O) groups excluding carboxylic acids is 2. The number of esters is 1. The normalized spacial score (nSPS) is 20.4. The van der Waals surface area contributed by atoms with Crippen LogP contribution in [0.4, 0.5) is 0 Å². The van der Waals surface area contributed by atoms with Gasteiger partial charge in [-0.25, -0.2) is 4.79 Å². The van der Waals surface area contributed by atoms with E-state index in [1.165, 1.54) is 0 Å². The zero-order valence-electron chi connectivity index (χ0n) is 12.5. The first kappa shape index (κ1) is 17.2. The fraction of sp³-hybridized carbons (Fsp3) is 0.733. The monoisotopic (exact) mass is 345 g/mol. The van der Waals surface area contributed by atoms with Crippen molar-refractivity contribution in [2.75, 3.05) is 11.9 Å². The van der Waals surface area contributed by atoms with Gasteiger partial charge in [-0.2, -0.15) is 0 Å². The summed E-state index contributed by atoms with van der Waals surface area (Å²) < 4.78 is 4.98. The maximum Gasteiger partial charge on any atom is 0.354 e. The van der Waals surface area contributed by atoms with Gasteiger partial charge in [0.1, 0.15) is 5.70 Å². The van der Waals surface area contributed by atoms with Crippen molar-refractivity contribution in [3.63, 3.8) is 0 Å². The third-order valence-corrected chi connectivity index (χ3v) is 4.08. The zero-order valence-corrected chi connectivity index (χ0v) is 14.1. The predicted octanol–water partition coefficient (Wildman–Crippen LogP) is 3.16. The summed E-state index contributed by atoms with van der Waals surface area (Å²) in [7, 11) is 0. The first-order chi connectivity index (χ1) is 9.42. The quantitative estimate of drug-likeness (QED) is 0.318. The highest BCUT2D eigenvalue weighted by atomic mass is 79.9. The van der Waals surface area contributed by atoms with Crippen LogP contribution in [-0.4, -0.2) is 23.8 Å². The molecule has 1 saturated carbocycles. The lowest BCUT2D eigenvalue weighted by Gasteiger charge is -2.10. The van der Waals surface area contributed by atoms with Crippen molar-refractivity contribution < 1.29 is 14.3 Å². The smallest absolute Gasteiger partial charge is 0.354 e. The van der Waals surface area contributed by atoms with E-state index < -0.39 is 5.97 Å². The topological polar surface area (TPSA) is 55.4 Å². The van der Waals surface area contributed by atoms with Crippen molar-refractivity contribution >= 4 is 27.8 Å². The Bertz CT molecular complexity index is 391. The van der Waals surface area contributed by atoms with Crippen LogP contribution >= 0.6 is 15.9 Å². The van der Waals surface area contributed by atoms with Crippen LogP contribution in [0.2, 0.25) is 0 Å². The molecule has 0 saturated heterocycles. The fourth-order valence-electron chi connectivity index (χ4n) is 2.01. The van der Waals surface area contributed by atoms with E-state index in [2.05, 4.69) is 35.1 Å². The van der Waals surface area contributed by atoms with Gasteiger partial charge < -0.3 is 10.1 Å². The number of hydrogen-bond acceptors (Lipinski definition) is 3. The van der Waals surface area contributed by atoms with Crippen molar-refractivity contribution in [1.82, 2.24) is 5.32 Å². The van der Waals surface area contributed by atoms with Gasteiger partial charge in [0.15, 0.2) is 0 Å². The molecular weight excluding hydrogens is 322 g/mol. The molecule has 0 bridgehead atoms. The molecule has 1 fully saturated rings. The molecule has 1 rings (SSSR count). The summed E-state index contributed by atoms with van der Waals surface area (Å²) in [6, 6.07) is 0. The average molecular weight is 346 g/mol. The molecule has 1 atom stereocenters. The van der Waals surface area contributed by atoms with Gasteiger partial charge in [-0.1, -0.05) is 35.9 Å². The van der Waals surface area contributed by atoms with Gasteiger partial charge in [0.25, 0.3) is 0 Å². The van der Waals surface area contributed by atoms with Crippen molar-refractivity contribution in [3.8, 4) is 0 Å². The Kier molecular flexibility index (Phi) is 6.72. The molecule has 5 heteroatoms. The lowest BCUT2D eigenvalue weighted by Crippen LogP contribution is -2.30. The lowest BCUT2D eigenvalue weighted by atomic mass is 10.1. The van der Waals surface area contributed by atoms with Gasteiger partial charge in [-0.15, -0.1) is 0 Å². The van der Waals surface area contributed by atoms with Crippen molar-refractivity contribution in [3.05, 3.63) is 11.8 Å². The van der Waals surface area contributed by atoms with Gasteiger partial charge >= 0.3 is 5.97 Å². The molecule has 0 unspecified atom stereocenters. The Morgan fingerprint density at radius 3 is 2.55 bits per heavy atom. The molecule has 4 nitrogen and oxygen atoms in total. The van der Waals surface area contributed by atoms with E-state index >= 15 is 0 Å². The summed E-state index contributed by atoms with van der Waals surface area (Å²) in [5.74, 6) is -0.518. The zero-order chi connectivity index (χ0) is 15.2. The average Bonchev–Trinajstić information content (AvgIpc) is 3.02. The molecule has 0 heterocycles. The maximum absolute atomic E-state index is 12.1. The number of allylic oxidation sites excluding steroid dienone is 1. The van der Waals surface area contributed by atoms with Crippen LogP contribution in [0.15, 0.2) is 11.8 Å². The van der Waals surface area contributed by atoms with Crippen LogP contribution in [0.5, 0.6) is 0 Å². The molecule has 1 aliphatic rings. The Hall–Kier alpha value is -0.840. The second kappa shape index (κ2) is 7.81. The van der Waals surface area contributed by atoms with Gasteiger partial charge in [0, 0.05) is 11.2 Å². The van der Waals surface area contributed by atoms with E-state index in [4.69, 9.17) is 4.74 Å². The van der Waals surface area contributed by atoms with Crippen molar-refractivity contribution in [2.45, 2.75) is 46.5 Å². The summed E-state index contributed by atoms with van der Waals surface area (Å²) in [6.45, 7) is 6.18. The molecule has 0 aromatic heterocycles. The van der Waals surface area contributed by atoms with Crippen LogP contribution in [0.3, 0.4) is 0 Å². The SMILES string of the molecule is CCOC(=O)/C(=C/CCCCBr)NC(=O)[C@H]1CC1(C)C. The van der Waals surface area contributed by atoms with Gasteiger partial charge in [0.05, 0.1) is 6.61 Å². The molecule has 1 amide bonds. The molecule has 0 aromatic carbocycles. The third kappa shape index (κ3) is 5.27. The molecule has 0 radical (unpaired) electrons. The number of ether oxygens (including phenoxy) is 1. The van der Waals surface area contributed by atoms with Crippen LogP contribution in [0, 0.1) is 11.3 Å². The molecule has 1 N–H and O–H groups in total. The molecule has 0 aromatic rings. The first-order valence-electron chi connectivity index (χ1n) is 7.16. The molecule has 114 valence electrons. The molecule has 0 spiro atoms. The summed E-state index contributed by atoms with van der Waals surface area (Å²) in [5.41, 5.74) is 0.342. The van der Waals surface area contributed by atoms with E-state index in [0.29, 0.717) is 6.61 Å².